The number of allylic oxidation sites excluding steroid dienone is 1. The first-order valence-corrected chi connectivity index (χ1v) is 5.89. The molecule has 17 heavy (non-hydrogen) atoms. The van der Waals surface area contributed by atoms with Gasteiger partial charge in [-0.15, -0.1) is 0 Å². The summed E-state index contributed by atoms with van der Waals surface area (Å²) in [5.41, 5.74) is 0.391. The fraction of sp³-hybridized carbons (Fsp3) is 0.667. The minimum Gasteiger partial charge on any atom is -0.501 e. The van der Waals surface area contributed by atoms with E-state index in [9.17, 15) is 4.79 Å². The zero-order valence-electron chi connectivity index (χ0n) is 10.1. The van der Waals surface area contributed by atoms with Gasteiger partial charge in [0.2, 0.25) is 0 Å². The Morgan fingerprint density at radius 3 is 3.18 bits per heavy atom. The molecule has 0 radical (unpaired) electrons. The van der Waals surface area contributed by atoms with Gasteiger partial charge in [-0.3, -0.25) is 0 Å². The van der Waals surface area contributed by atoms with Crippen LogP contribution in [0.4, 0.5) is 0 Å². The summed E-state index contributed by atoms with van der Waals surface area (Å²) >= 11 is 0. The highest BCUT2D eigenvalue weighted by Crippen LogP contribution is 2.32. The Morgan fingerprint density at radius 2 is 2.47 bits per heavy atom. The molecule has 0 spiro atoms. The molecular formula is C12H17NO4. The third-order valence-electron chi connectivity index (χ3n) is 3.09. The van der Waals surface area contributed by atoms with E-state index in [0.29, 0.717) is 24.7 Å². The van der Waals surface area contributed by atoms with E-state index in [2.05, 4.69) is 5.16 Å². The second kappa shape index (κ2) is 5.21. The van der Waals surface area contributed by atoms with Crippen LogP contribution in [0.15, 0.2) is 17.0 Å². The Morgan fingerprint density at radius 1 is 1.65 bits per heavy atom. The van der Waals surface area contributed by atoms with Crippen LogP contribution in [0.25, 0.3) is 0 Å². The smallest absolute Gasteiger partial charge is 0.356 e. The number of hydrogen-bond donors (Lipinski definition) is 0. The lowest BCUT2D eigenvalue weighted by atomic mass is 9.86. The van der Waals surface area contributed by atoms with Crippen molar-refractivity contribution < 1.29 is 19.1 Å². The summed E-state index contributed by atoms with van der Waals surface area (Å²) in [6, 6.07) is 0. The second-order valence-electron chi connectivity index (χ2n) is 4.17. The van der Waals surface area contributed by atoms with Crippen LogP contribution in [0.5, 0.6) is 0 Å². The van der Waals surface area contributed by atoms with Crippen LogP contribution in [0.1, 0.15) is 26.2 Å². The molecule has 2 rings (SSSR count). The number of nitrogens with zero attached hydrogens (tertiary/aromatic N) is 1. The molecular weight excluding hydrogens is 222 g/mol. The Labute approximate surface area is 100 Å². The lowest BCUT2D eigenvalue weighted by Gasteiger charge is -2.31. The molecule has 0 amide bonds. The van der Waals surface area contributed by atoms with Crippen LogP contribution in [0.2, 0.25) is 0 Å². The normalized spacial score (nSPS) is 27.2. The van der Waals surface area contributed by atoms with E-state index in [0.717, 1.165) is 18.6 Å². The van der Waals surface area contributed by atoms with E-state index in [-0.39, 0.29) is 12.1 Å². The summed E-state index contributed by atoms with van der Waals surface area (Å²) in [6.07, 6.45) is 4.33. The zero-order chi connectivity index (χ0) is 12.3. The van der Waals surface area contributed by atoms with Gasteiger partial charge in [-0.1, -0.05) is 5.16 Å². The van der Waals surface area contributed by atoms with Gasteiger partial charge in [0, 0.05) is 18.8 Å². The van der Waals surface area contributed by atoms with Crippen molar-refractivity contribution in [3.05, 3.63) is 11.8 Å². The molecule has 0 aromatic rings. The molecule has 0 saturated heterocycles. The molecule has 0 aromatic carbocycles. The molecule has 94 valence electrons. The molecule has 0 saturated carbocycles. The number of esters is 1. The van der Waals surface area contributed by atoms with Gasteiger partial charge in [-0.25, -0.2) is 4.79 Å². The molecule has 5 heteroatoms. The summed E-state index contributed by atoms with van der Waals surface area (Å²) in [6.45, 7) is 2.14. The number of methoxy groups -OCH3 is 1. The summed E-state index contributed by atoms with van der Waals surface area (Å²) in [4.78, 5) is 16.8. The Hall–Kier alpha value is -1.52. The topological polar surface area (TPSA) is 57.1 Å². The first-order valence-electron chi connectivity index (χ1n) is 5.89. The van der Waals surface area contributed by atoms with Crippen LogP contribution in [-0.2, 0) is 19.1 Å². The van der Waals surface area contributed by atoms with Crippen LogP contribution >= 0.6 is 0 Å². The van der Waals surface area contributed by atoms with Crippen LogP contribution in [-0.4, -0.2) is 31.5 Å². The van der Waals surface area contributed by atoms with Crippen molar-refractivity contribution in [2.45, 2.75) is 32.3 Å². The van der Waals surface area contributed by atoms with Crippen molar-refractivity contribution in [1.29, 1.82) is 0 Å². The standard InChI is InChI=1S/C12H17NO4/c1-3-16-12(14)10-6-8-4-5-9(15-2)7-11(8)17-13-10/h7-8,11H,3-6H2,1-2H3/t8-,11-/m0/s1. The summed E-state index contributed by atoms with van der Waals surface area (Å²) in [5.74, 6) is 0.860. The third-order valence-corrected chi connectivity index (χ3v) is 3.09. The SMILES string of the molecule is CCOC(=O)C1=NO[C@H]2C=C(OC)CC[C@H]2C1. The number of ether oxygens (including phenoxy) is 2. The summed E-state index contributed by atoms with van der Waals surface area (Å²) in [7, 11) is 1.66. The van der Waals surface area contributed by atoms with E-state index >= 15 is 0 Å². The van der Waals surface area contributed by atoms with E-state index in [4.69, 9.17) is 14.3 Å². The second-order valence-corrected chi connectivity index (χ2v) is 4.17. The van der Waals surface area contributed by atoms with Crippen molar-refractivity contribution in [2.24, 2.45) is 11.1 Å². The van der Waals surface area contributed by atoms with Gasteiger partial charge in [0.25, 0.3) is 0 Å². The van der Waals surface area contributed by atoms with Gasteiger partial charge in [0.05, 0.1) is 19.5 Å². The van der Waals surface area contributed by atoms with E-state index in [1.807, 2.05) is 6.08 Å². The van der Waals surface area contributed by atoms with E-state index < -0.39 is 0 Å². The molecule has 0 bridgehead atoms. The molecule has 2 aliphatic rings. The Balaban J connectivity index is 2.03. The summed E-state index contributed by atoms with van der Waals surface area (Å²) < 4.78 is 10.1. The number of rotatable bonds is 3. The maximum atomic E-state index is 11.5. The van der Waals surface area contributed by atoms with Crippen molar-refractivity contribution in [3.63, 3.8) is 0 Å². The first kappa shape index (κ1) is 12.0. The molecule has 1 aliphatic heterocycles. The van der Waals surface area contributed by atoms with Gasteiger partial charge in [-0.05, 0) is 19.4 Å². The molecule has 0 fully saturated rings. The van der Waals surface area contributed by atoms with Crippen molar-refractivity contribution in [3.8, 4) is 0 Å². The fourth-order valence-electron chi connectivity index (χ4n) is 2.14. The van der Waals surface area contributed by atoms with Gasteiger partial charge in [0.15, 0.2) is 11.8 Å². The van der Waals surface area contributed by atoms with Crippen molar-refractivity contribution in [2.75, 3.05) is 13.7 Å². The number of oxime groups is 1. The lowest BCUT2D eigenvalue weighted by molar-refractivity contribution is -0.136. The highest BCUT2D eigenvalue weighted by molar-refractivity contribution is 6.36. The van der Waals surface area contributed by atoms with Crippen LogP contribution in [0.3, 0.4) is 0 Å². The average Bonchev–Trinajstić information content (AvgIpc) is 2.37. The van der Waals surface area contributed by atoms with E-state index in [1.54, 1.807) is 14.0 Å². The highest BCUT2D eigenvalue weighted by Gasteiger charge is 2.34. The van der Waals surface area contributed by atoms with Crippen LogP contribution < -0.4 is 0 Å². The van der Waals surface area contributed by atoms with Gasteiger partial charge in [0.1, 0.15) is 0 Å². The van der Waals surface area contributed by atoms with Crippen molar-refractivity contribution >= 4 is 11.7 Å². The first-order chi connectivity index (χ1) is 8.24. The van der Waals surface area contributed by atoms with Crippen molar-refractivity contribution in [1.82, 2.24) is 0 Å². The Kier molecular flexibility index (Phi) is 3.66. The zero-order valence-corrected chi connectivity index (χ0v) is 10.1. The van der Waals surface area contributed by atoms with Gasteiger partial charge < -0.3 is 14.3 Å². The predicted molar refractivity (Wildman–Crippen MR) is 61.4 cm³/mol. The molecule has 1 aliphatic carbocycles. The molecule has 0 N–H and O–H groups in total. The van der Waals surface area contributed by atoms with Gasteiger partial charge in [-0.2, -0.15) is 0 Å². The molecule has 2 atom stereocenters. The lowest BCUT2D eigenvalue weighted by Crippen LogP contribution is -2.34. The Bertz CT molecular complexity index is 362. The number of hydrogen-bond acceptors (Lipinski definition) is 5. The maximum absolute atomic E-state index is 11.5. The summed E-state index contributed by atoms with van der Waals surface area (Å²) in [5, 5.41) is 3.84. The average molecular weight is 239 g/mol. The fourth-order valence-corrected chi connectivity index (χ4v) is 2.14. The van der Waals surface area contributed by atoms with Crippen LogP contribution in [0, 0.1) is 5.92 Å². The predicted octanol–water partition coefficient (Wildman–Crippen LogP) is 1.63. The minimum absolute atomic E-state index is 0.0723. The molecule has 0 aromatic heterocycles. The number of carbonyl (C=O) groups is 1. The largest absolute Gasteiger partial charge is 0.501 e. The maximum Gasteiger partial charge on any atom is 0.356 e. The van der Waals surface area contributed by atoms with Gasteiger partial charge >= 0.3 is 5.97 Å². The minimum atomic E-state index is -0.368. The molecule has 1 heterocycles. The number of fused-ring (bicyclic) bond motifs is 1. The van der Waals surface area contributed by atoms with E-state index in [1.165, 1.54) is 0 Å². The molecule has 0 unspecified atom stereocenters. The highest BCUT2D eigenvalue weighted by atomic mass is 16.6. The number of carbonyl (C=O) groups excluding carboxylic acids is 1. The quantitative estimate of drug-likeness (QED) is 0.702. The third kappa shape index (κ3) is 2.60. The monoisotopic (exact) mass is 239 g/mol. The molecule has 5 nitrogen and oxygen atoms in total.